The van der Waals surface area contributed by atoms with Crippen molar-refractivity contribution in [1.82, 2.24) is 4.90 Å². The molecule has 2 unspecified atom stereocenters. The Hall–Kier alpha value is -1.55. The number of anilines is 1. The minimum Gasteiger partial charge on any atom is -0.378 e. The van der Waals surface area contributed by atoms with Crippen LogP contribution in [0.25, 0.3) is 0 Å². The molecular formula is C15H23N3O. The molecule has 1 heterocycles. The molecule has 1 fully saturated rings. The van der Waals surface area contributed by atoms with Gasteiger partial charge in [-0.25, -0.2) is 0 Å². The van der Waals surface area contributed by atoms with Crippen LogP contribution in [0.5, 0.6) is 0 Å². The molecular weight excluding hydrogens is 238 g/mol. The molecule has 0 saturated carbocycles. The standard InChI is InChI=1S/C15H23N3O/c1-11-10-18(8-7-14(11)16)15(19)12-5-4-6-13(9-12)17(2)3/h4-6,9,11,14H,7-8,10,16H2,1-3H3. The van der Waals surface area contributed by atoms with Crippen molar-refractivity contribution in [1.29, 1.82) is 0 Å². The zero-order chi connectivity index (χ0) is 14.0. The van der Waals surface area contributed by atoms with Gasteiger partial charge in [0.25, 0.3) is 5.91 Å². The van der Waals surface area contributed by atoms with E-state index in [0.29, 0.717) is 5.92 Å². The summed E-state index contributed by atoms with van der Waals surface area (Å²) in [6.07, 6.45) is 0.889. The first-order chi connectivity index (χ1) is 8.99. The third-order valence-electron chi connectivity index (χ3n) is 3.87. The third-order valence-corrected chi connectivity index (χ3v) is 3.87. The number of piperidine rings is 1. The summed E-state index contributed by atoms with van der Waals surface area (Å²) < 4.78 is 0. The molecule has 19 heavy (non-hydrogen) atoms. The largest absolute Gasteiger partial charge is 0.378 e. The van der Waals surface area contributed by atoms with Gasteiger partial charge in [-0.3, -0.25) is 4.79 Å². The highest BCUT2D eigenvalue weighted by atomic mass is 16.2. The average Bonchev–Trinajstić information content (AvgIpc) is 2.41. The second-order valence-corrected chi connectivity index (χ2v) is 5.63. The van der Waals surface area contributed by atoms with E-state index in [2.05, 4.69) is 6.92 Å². The normalized spacial score (nSPS) is 23.3. The van der Waals surface area contributed by atoms with Crippen LogP contribution in [0.2, 0.25) is 0 Å². The summed E-state index contributed by atoms with van der Waals surface area (Å²) in [6.45, 7) is 3.63. The fourth-order valence-corrected chi connectivity index (χ4v) is 2.45. The zero-order valence-electron chi connectivity index (χ0n) is 12.0. The minimum absolute atomic E-state index is 0.113. The first kappa shape index (κ1) is 13.9. The number of hydrogen-bond donors (Lipinski definition) is 1. The van der Waals surface area contributed by atoms with E-state index in [-0.39, 0.29) is 11.9 Å². The van der Waals surface area contributed by atoms with Gasteiger partial charge in [-0.15, -0.1) is 0 Å². The quantitative estimate of drug-likeness (QED) is 0.879. The molecule has 4 nitrogen and oxygen atoms in total. The molecule has 0 aromatic heterocycles. The van der Waals surface area contributed by atoms with Gasteiger partial charge in [-0.1, -0.05) is 13.0 Å². The predicted octanol–water partition coefficient (Wildman–Crippen LogP) is 1.56. The number of carbonyl (C=O) groups excluding carboxylic acids is 1. The van der Waals surface area contributed by atoms with Crippen molar-refractivity contribution >= 4 is 11.6 Å². The van der Waals surface area contributed by atoms with Crippen molar-refractivity contribution in [2.45, 2.75) is 19.4 Å². The summed E-state index contributed by atoms with van der Waals surface area (Å²) >= 11 is 0. The van der Waals surface area contributed by atoms with Crippen molar-refractivity contribution < 1.29 is 4.79 Å². The molecule has 4 heteroatoms. The van der Waals surface area contributed by atoms with E-state index in [9.17, 15) is 4.79 Å². The topological polar surface area (TPSA) is 49.6 Å². The van der Waals surface area contributed by atoms with Crippen molar-refractivity contribution in [3.05, 3.63) is 29.8 Å². The lowest BCUT2D eigenvalue weighted by Crippen LogP contribution is -2.48. The number of benzene rings is 1. The smallest absolute Gasteiger partial charge is 0.253 e. The molecule has 0 spiro atoms. The van der Waals surface area contributed by atoms with E-state index >= 15 is 0 Å². The molecule has 2 atom stereocenters. The fraction of sp³-hybridized carbons (Fsp3) is 0.533. The predicted molar refractivity (Wildman–Crippen MR) is 78.4 cm³/mol. The Labute approximate surface area is 115 Å². The lowest BCUT2D eigenvalue weighted by atomic mass is 9.94. The van der Waals surface area contributed by atoms with Crippen LogP contribution in [0.4, 0.5) is 5.69 Å². The van der Waals surface area contributed by atoms with Gasteiger partial charge in [0.1, 0.15) is 0 Å². The maximum Gasteiger partial charge on any atom is 0.253 e. The molecule has 0 bridgehead atoms. The van der Waals surface area contributed by atoms with Gasteiger partial charge in [-0.05, 0) is 30.5 Å². The van der Waals surface area contributed by atoms with Gasteiger partial charge in [0.05, 0.1) is 0 Å². The number of amides is 1. The van der Waals surface area contributed by atoms with Crippen LogP contribution in [0, 0.1) is 5.92 Å². The van der Waals surface area contributed by atoms with E-state index in [1.165, 1.54) is 0 Å². The van der Waals surface area contributed by atoms with Crippen LogP contribution in [0.3, 0.4) is 0 Å². The third kappa shape index (κ3) is 3.07. The van der Waals surface area contributed by atoms with Crippen LogP contribution < -0.4 is 10.6 Å². The Morgan fingerprint density at radius 3 is 2.79 bits per heavy atom. The second kappa shape index (κ2) is 5.61. The fourth-order valence-electron chi connectivity index (χ4n) is 2.45. The Morgan fingerprint density at radius 1 is 1.42 bits per heavy atom. The SMILES string of the molecule is CC1CN(C(=O)c2cccc(N(C)C)c2)CCC1N. The number of hydrogen-bond acceptors (Lipinski definition) is 3. The highest BCUT2D eigenvalue weighted by molar-refractivity contribution is 5.95. The highest BCUT2D eigenvalue weighted by Gasteiger charge is 2.26. The first-order valence-electron chi connectivity index (χ1n) is 6.81. The maximum atomic E-state index is 12.5. The molecule has 0 radical (unpaired) electrons. The summed E-state index contributed by atoms with van der Waals surface area (Å²) in [5, 5.41) is 0. The number of nitrogens with zero attached hydrogens (tertiary/aromatic N) is 2. The van der Waals surface area contributed by atoms with E-state index in [0.717, 1.165) is 30.8 Å². The molecule has 1 amide bonds. The summed E-state index contributed by atoms with van der Waals surface area (Å²) in [5.74, 6) is 0.484. The molecule has 104 valence electrons. The van der Waals surface area contributed by atoms with Crippen LogP contribution in [0.15, 0.2) is 24.3 Å². The monoisotopic (exact) mass is 261 g/mol. The van der Waals surface area contributed by atoms with Gasteiger partial charge in [0.15, 0.2) is 0 Å². The maximum absolute atomic E-state index is 12.5. The number of nitrogens with two attached hydrogens (primary N) is 1. The molecule has 2 rings (SSSR count). The summed E-state index contributed by atoms with van der Waals surface area (Å²) in [6, 6.07) is 7.99. The van der Waals surface area contributed by atoms with E-state index in [1.807, 2.05) is 48.2 Å². The molecule has 1 aliphatic rings. The second-order valence-electron chi connectivity index (χ2n) is 5.63. The van der Waals surface area contributed by atoms with Gasteiger partial charge >= 0.3 is 0 Å². The number of rotatable bonds is 2. The summed E-state index contributed by atoms with van der Waals surface area (Å²) in [7, 11) is 3.96. The Bertz CT molecular complexity index is 458. The molecule has 0 aliphatic carbocycles. The molecule has 1 aromatic carbocycles. The van der Waals surface area contributed by atoms with Gasteiger partial charge in [0.2, 0.25) is 0 Å². The Balaban J connectivity index is 2.13. The number of carbonyl (C=O) groups is 1. The first-order valence-corrected chi connectivity index (χ1v) is 6.81. The van der Waals surface area contributed by atoms with Crippen LogP contribution in [0.1, 0.15) is 23.7 Å². The summed E-state index contributed by atoms with van der Waals surface area (Å²) in [4.78, 5) is 16.4. The Kier molecular flexibility index (Phi) is 4.10. The van der Waals surface area contributed by atoms with Gasteiger partial charge < -0.3 is 15.5 Å². The van der Waals surface area contributed by atoms with E-state index in [1.54, 1.807) is 0 Å². The summed E-state index contributed by atoms with van der Waals surface area (Å²) in [5.41, 5.74) is 7.81. The van der Waals surface area contributed by atoms with E-state index < -0.39 is 0 Å². The zero-order valence-corrected chi connectivity index (χ0v) is 12.0. The van der Waals surface area contributed by atoms with Crippen molar-refractivity contribution in [2.24, 2.45) is 11.7 Å². The number of likely N-dealkylation sites (tertiary alicyclic amines) is 1. The lowest BCUT2D eigenvalue weighted by Gasteiger charge is -2.35. The van der Waals surface area contributed by atoms with E-state index in [4.69, 9.17) is 5.73 Å². The van der Waals surface area contributed by atoms with Gasteiger partial charge in [0, 0.05) is 44.5 Å². The van der Waals surface area contributed by atoms with Crippen molar-refractivity contribution in [2.75, 3.05) is 32.1 Å². The van der Waals surface area contributed by atoms with Crippen molar-refractivity contribution in [3.63, 3.8) is 0 Å². The molecule has 1 saturated heterocycles. The Morgan fingerprint density at radius 2 is 2.16 bits per heavy atom. The molecule has 2 N–H and O–H groups in total. The highest BCUT2D eigenvalue weighted by Crippen LogP contribution is 2.19. The molecule has 1 aliphatic heterocycles. The van der Waals surface area contributed by atoms with Crippen LogP contribution >= 0.6 is 0 Å². The lowest BCUT2D eigenvalue weighted by molar-refractivity contribution is 0.0664. The minimum atomic E-state index is 0.113. The average molecular weight is 261 g/mol. The molecule has 1 aromatic rings. The van der Waals surface area contributed by atoms with Gasteiger partial charge in [-0.2, -0.15) is 0 Å². The van der Waals surface area contributed by atoms with Crippen LogP contribution in [-0.2, 0) is 0 Å². The van der Waals surface area contributed by atoms with Crippen LogP contribution in [-0.4, -0.2) is 44.0 Å². The van der Waals surface area contributed by atoms with Crippen molar-refractivity contribution in [3.8, 4) is 0 Å².